The van der Waals surface area contributed by atoms with Gasteiger partial charge in [0.25, 0.3) is 5.91 Å². The molecule has 2 aromatic carbocycles. The van der Waals surface area contributed by atoms with E-state index in [9.17, 15) is 13.2 Å². The lowest BCUT2D eigenvalue weighted by molar-refractivity contribution is 0.0995. The first-order valence-corrected chi connectivity index (χ1v) is 10.4. The van der Waals surface area contributed by atoms with Gasteiger partial charge in [0.15, 0.2) is 15.6 Å². The molecular formula is C21H22N2O4S. The molecule has 6 nitrogen and oxygen atoms in total. The van der Waals surface area contributed by atoms with Gasteiger partial charge in [-0.05, 0) is 55.0 Å². The van der Waals surface area contributed by atoms with Crippen LogP contribution in [0.15, 0.2) is 70.0 Å². The summed E-state index contributed by atoms with van der Waals surface area (Å²) in [4.78, 5) is 14.7. The number of hydrogen-bond acceptors (Lipinski definition) is 5. The van der Waals surface area contributed by atoms with Crippen LogP contribution in [0.3, 0.4) is 0 Å². The normalized spacial score (nSPS) is 11.2. The van der Waals surface area contributed by atoms with Crippen LogP contribution >= 0.6 is 0 Å². The van der Waals surface area contributed by atoms with E-state index in [1.807, 2.05) is 44.1 Å². The number of nitrogens with one attached hydrogen (secondary N) is 1. The number of amides is 1. The molecule has 3 rings (SSSR count). The largest absolute Gasteiger partial charge is 0.455 e. The third-order valence-corrected chi connectivity index (χ3v) is 5.95. The highest BCUT2D eigenvalue weighted by Gasteiger charge is 2.19. The van der Waals surface area contributed by atoms with Gasteiger partial charge in [-0.15, -0.1) is 0 Å². The van der Waals surface area contributed by atoms with Crippen LogP contribution in [0.2, 0.25) is 0 Å². The second kappa shape index (κ2) is 7.90. The molecule has 0 atom stereocenters. The summed E-state index contributed by atoms with van der Waals surface area (Å²) in [6, 6.07) is 16.8. The van der Waals surface area contributed by atoms with Crippen molar-refractivity contribution in [2.45, 2.75) is 17.6 Å². The van der Waals surface area contributed by atoms with Gasteiger partial charge >= 0.3 is 0 Å². The van der Waals surface area contributed by atoms with E-state index in [-0.39, 0.29) is 22.2 Å². The van der Waals surface area contributed by atoms with Crippen molar-refractivity contribution >= 4 is 27.1 Å². The van der Waals surface area contributed by atoms with Crippen LogP contribution in [0.5, 0.6) is 0 Å². The summed E-state index contributed by atoms with van der Waals surface area (Å²) in [5.74, 6) is -0.451. The topological polar surface area (TPSA) is 79.6 Å². The minimum absolute atomic E-state index is 0.0642. The molecule has 0 unspecified atom stereocenters. The lowest BCUT2D eigenvalue weighted by Gasteiger charge is -2.15. The molecule has 1 heterocycles. The first-order chi connectivity index (χ1) is 13.3. The molecule has 7 heteroatoms. The molecule has 3 aromatic rings. The molecule has 0 saturated heterocycles. The highest BCUT2D eigenvalue weighted by atomic mass is 32.2. The molecule has 1 aromatic heterocycles. The van der Waals surface area contributed by atoms with Gasteiger partial charge in [-0.1, -0.05) is 18.2 Å². The summed E-state index contributed by atoms with van der Waals surface area (Å²) in [6.45, 7) is 1.91. The second-order valence-electron chi connectivity index (χ2n) is 6.69. The number of furan rings is 1. The van der Waals surface area contributed by atoms with Crippen LogP contribution in [-0.2, 0) is 15.6 Å². The Hall–Kier alpha value is -3.06. The van der Waals surface area contributed by atoms with E-state index in [1.165, 1.54) is 24.3 Å². The Labute approximate surface area is 164 Å². The molecule has 0 bridgehead atoms. The van der Waals surface area contributed by atoms with Gasteiger partial charge in [0.2, 0.25) is 0 Å². The van der Waals surface area contributed by atoms with Crippen molar-refractivity contribution in [2.24, 2.45) is 0 Å². The average Bonchev–Trinajstić information content (AvgIpc) is 3.12. The van der Waals surface area contributed by atoms with Gasteiger partial charge in [-0.3, -0.25) is 4.79 Å². The zero-order valence-corrected chi connectivity index (χ0v) is 16.8. The zero-order valence-electron chi connectivity index (χ0n) is 16.0. The number of carbonyl (C=O) groups is 1. The third-order valence-electron chi connectivity index (χ3n) is 4.29. The van der Waals surface area contributed by atoms with Crippen LogP contribution < -0.4 is 10.2 Å². The van der Waals surface area contributed by atoms with Crippen LogP contribution in [0.25, 0.3) is 0 Å². The van der Waals surface area contributed by atoms with Crippen LogP contribution in [0.1, 0.15) is 21.9 Å². The molecule has 146 valence electrons. The molecule has 0 aliphatic carbocycles. The van der Waals surface area contributed by atoms with Crippen molar-refractivity contribution in [2.75, 3.05) is 24.3 Å². The Morgan fingerprint density at radius 3 is 2.39 bits per heavy atom. The van der Waals surface area contributed by atoms with E-state index in [1.54, 1.807) is 18.2 Å². The first-order valence-electron chi connectivity index (χ1n) is 8.72. The molecule has 0 spiro atoms. The number of anilines is 2. The Bertz CT molecular complexity index is 1090. The number of benzene rings is 2. The highest BCUT2D eigenvalue weighted by Crippen LogP contribution is 2.23. The van der Waals surface area contributed by atoms with Gasteiger partial charge < -0.3 is 14.6 Å². The Morgan fingerprint density at radius 1 is 1.04 bits per heavy atom. The van der Waals surface area contributed by atoms with Gasteiger partial charge in [0.05, 0.1) is 4.90 Å². The fourth-order valence-corrected chi connectivity index (χ4v) is 3.99. The zero-order chi connectivity index (χ0) is 20.3. The van der Waals surface area contributed by atoms with Crippen LogP contribution in [0.4, 0.5) is 11.4 Å². The molecule has 0 aliphatic rings. The monoisotopic (exact) mass is 398 g/mol. The number of carbonyl (C=O) groups excluding carboxylic acids is 1. The van der Waals surface area contributed by atoms with E-state index in [0.29, 0.717) is 5.69 Å². The highest BCUT2D eigenvalue weighted by molar-refractivity contribution is 7.90. The Balaban J connectivity index is 1.73. The number of sulfone groups is 1. The lowest BCUT2D eigenvalue weighted by atomic mass is 10.1. The third kappa shape index (κ3) is 4.43. The molecule has 0 radical (unpaired) electrons. The van der Waals surface area contributed by atoms with Gasteiger partial charge in [0, 0.05) is 25.5 Å². The van der Waals surface area contributed by atoms with Crippen molar-refractivity contribution in [1.29, 1.82) is 0 Å². The van der Waals surface area contributed by atoms with E-state index < -0.39 is 15.7 Å². The van der Waals surface area contributed by atoms with Crippen molar-refractivity contribution < 1.29 is 17.6 Å². The van der Waals surface area contributed by atoms with E-state index >= 15 is 0 Å². The summed E-state index contributed by atoms with van der Waals surface area (Å²) in [7, 11) is 0.356. The van der Waals surface area contributed by atoms with E-state index in [2.05, 4.69) is 5.32 Å². The maximum absolute atomic E-state index is 12.5. The maximum Gasteiger partial charge on any atom is 0.291 e. The molecule has 0 fully saturated rings. The van der Waals surface area contributed by atoms with Crippen LogP contribution in [0, 0.1) is 6.92 Å². The van der Waals surface area contributed by atoms with Crippen molar-refractivity contribution in [1.82, 2.24) is 0 Å². The number of rotatable bonds is 6. The minimum Gasteiger partial charge on any atom is -0.455 e. The smallest absolute Gasteiger partial charge is 0.291 e. The Morgan fingerprint density at radius 2 is 1.75 bits per heavy atom. The van der Waals surface area contributed by atoms with E-state index in [4.69, 9.17) is 4.42 Å². The molecular weight excluding hydrogens is 376 g/mol. The standard InChI is InChI=1S/C21H22N2O4S/c1-15-13-16(23(2)3)9-11-19(15)22-21(24)20-12-10-17(27-20)14-28(25,26)18-7-5-4-6-8-18/h4-13H,14H2,1-3H3,(H,22,24). The van der Waals surface area contributed by atoms with Crippen LogP contribution in [-0.4, -0.2) is 28.4 Å². The quantitative estimate of drug-likeness (QED) is 0.682. The predicted octanol–water partition coefficient (Wildman–Crippen LogP) is 3.88. The van der Waals surface area contributed by atoms with Gasteiger partial charge in [-0.25, -0.2) is 8.42 Å². The summed E-state index contributed by atoms with van der Waals surface area (Å²) in [5, 5.41) is 2.80. The van der Waals surface area contributed by atoms with Gasteiger partial charge in [-0.2, -0.15) is 0 Å². The second-order valence-corrected chi connectivity index (χ2v) is 8.68. The molecule has 1 N–H and O–H groups in total. The van der Waals surface area contributed by atoms with Gasteiger partial charge in [0.1, 0.15) is 11.5 Å². The van der Waals surface area contributed by atoms with Crippen molar-refractivity contribution in [3.05, 3.63) is 77.7 Å². The predicted molar refractivity (Wildman–Crippen MR) is 109 cm³/mol. The molecule has 28 heavy (non-hydrogen) atoms. The summed E-state index contributed by atoms with van der Waals surface area (Å²) in [5.41, 5.74) is 2.62. The molecule has 0 aliphatic heterocycles. The number of hydrogen-bond donors (Lipinski definition) is 1. The number of nitrogens with zero attached hydrogens (tertiary/aromatic N) is 1. The fraction of sp³-hybridized carbons (Fsp3) is 0.190. The SMILES string of the molecule is Cc1cc(N(C)C)ccc1NC(=O)c1ccc(CS(=O)(=O)c2ccccc2)o1. The summed E-state index contributed by atoms with van der Waals surface area (Å²) < 4.78 is 30.4. The molecule has 1 amide bonds. The van der Waals surface area contributed by atoms with Crippen molar-refractivity contribution in [3.63, 3.8) is 0 Å². The van der Waals surface area contributed by atoms with E-state index in [0.717, 1.165) is 11.3 Å². The Kier molecular flexibility index (Phi) is 5.56. The molecule has 0 saturated carbocycles. The first kappa shape index (κ1) is 19.7. The summed E-state index contributed by atoms with van der Waals surface area (Å²) >= 11 is 0. The summed E-state index contributed by atoms with van der Waals surface area (Å²) in [6.07, 6.45) is 0. The minimum atomic E-state index is -3.53. The fourth-order valence-electron chi connectivity index (χ4n) is 2.73. The average molecular weight is 398 g/mol. The number of aryl methyl sites for hydroxylation is 1. The van der Waals surface area contributed by atoms with Crippen molar-refractivity contribution in [3.8, 4) is 0 Å². The lowest BCUT2D eigenvalue weighted by Crippen LogP contribution is -2.13. The maximum atomic E-state index is 12.5.